The average Bonchev–Trinajstić information content (AvgIpc) is 3.41. The summed E-state index contributed by atoms with van der Waals surface area (Å²) in [5, 5.41) is 8.17. The van der Waals surface area contributed by atoms with Crippen LogP contribution in [-0.4, -0.2) is 59.9 Å². The average molecular weight is 441 g/mol. The van der Waals surface area contributed by atoms with Gasteiger partial charge in [-0.15, -0.1) is 11.3 Å². The third-order valence-electron chi connectivity index (χ3n) is 6.60. The van der Waals surface area contributed by atoms with Gasteiger partial charge in [0.15, 0.2) is 0 Å². The number of nitrogens with zero attached hydrogens (tertiary/aromatic N) is 2. The van der Waals surface area contributed by atoms with Crippen LogP contribution >= 0.6 is 11.3 Å². The molecule has 0 radical (unpaired) electrons. The van der Waals surface area contributed by atoms with E-state index in [0.717, 1.165) is 30.8 Å². The molecular weight excluding hydrogens is 408 g/mol. The number of likely N-dealkylation sites (N-methyl/N-ethyl adjacent to an activating group) is 1. The minimum Gasteiger partial charge on any atom is -0.353 e. The highest BCUT2D eigenvalue weighted by atomic mass is 32.1. The lowest BCUT2D eigenvalue weighted by atomic mass is 10.0. The molecule has 1 aromatic heterocycles. The summed E-state index contributed by atoms with van der Waals surface area (Å²) in [7, 11) is 2.11. The third kappa shape index (κ3) is 5.34. The maximum Gasteiger partial charge on any atom is 0.239 e. The van der Waals surface area contributed by atoms with E-state index in [1.54, 1.807) is 11.3 Å². The molecule has 31 heavy (non-hydrogen) atoms. The Labute approximate surface area is 188 Å². The minimum atomic E-state index is -0.135. The van der Waals surface area contributed by atoms with Crippen molar-refractivity contribution in [1.29, 1.82) is 0 Å². The van der Waals surface area contributed by atoms with Crippen LogP contribution in [0.15, 0.2) is 41.8 Å². The van der Waals surface area contributed by atoms with Crippen molar-refractivity contribution in [2.45, 2.75) is 57.4 Å². The van der Waals surface area contributed by atoms with E-state index < -0.39 is 0 Å². The van der Waals surface area contributed by atoms with Gasteiger partial charge in [-0.3, -0.25) is 19.4 Å². The molecule has 2 aliphatic rings. The highest BCUT2D eigenvalue weighted by molar-refractivity contribution is 7.09. The first-order valence-corrected chi connectivity index (χ1v) is 12.0. The number of carbonyl (C=O) groups excluding carboxylic acids is 2. The first kappa shape index (κ1) is 22.0. The van der Waals surface area contributed by atoms with Gasteiger partial charge in [-0.2, -0.15) is 0 Å². The molecule has 2 amide bonds. The van der Waals surface area contributed by atoms with Crippen LogP contribution in [0.3, 0.4) is 0 Å². The number of amides is 2. The number of carbonyl (C=O) groups is 2. The second kappa shape index (κ2) is 9.94. The monoisotopic (exact) mass is 440 g/mol. The van der Waals surface area contributed by atoms with Crippen molar-refractivity contribution >= 4 is 23.2 Å². The number of likely N-dealkylation sites (tertiary alicyclic amines) is 1. The smallest absolute Gasteiger partial charge is 0.239 e. The van der Waals surface area contributed by atoms with Gasteiger partial charge in [0.1, 0.15) is 6.04 Å². The van der Waals surface area contributed by atoms with E-state index in [1.165, 1.54) is 11.1 Å². The Hall–Kier alpha value is -2.22. The maximum absolute atomic E-state index is 13.0. The lowest BCUT2D eigenvalue weighted by Gasteiger charge is -2.33. The number of fused-ring (bicyclic) bond motifs is 1. The molecule has 2 aliphatic heterocycles. The maximum atomic E-state index is 13.0. The lowest BCUT2D eigenvalue weighted by Crippen LogP contribution is -2.49. The Morgan fingerprint density at radius 3 is 2.81 bits per heavy atom. The molecule has 0 saturated carbocycles. The molecule has 2 N–H and O–H groups in total. The van der Waals surface area contributed by atoms with E-state index in [-0.39, 0.29) is 29.9 Å². The zero-order valence-corrected chi connectivity index (χ0v) is 19.2. The number of hydrogen-bond acceptors (Lipinski definition) is 5. The fourth-order valence-electron chi connectivity index (χ4n) is 4.74. The van der Waals surface area contributed by atoms with E-state index in [1.807, 2.05) is 17.5 Å². The Balaban J connectivity index is 1.33. The van der Waals surface area contributed by atoms with Crippen LogP contribution in [0.1, 0.15) is 35.3 Å². The van der Waals surface area contributed by atoms with E-state index in [2.05, 4.69) is 58.7 Å². The minimum absolute atomic E-state index is 0.0707. The molecule has 1 aromatic carbocycles. The van der Waals surface area contributed by atoms with Gasteiger partial charge in [0.05, 0.1) is 6.54 Å². The van der Waals surface area contributed by atoms with Crippen LogP contribution in [0.4, 0.5) is 0 Å². The summed E-state index contributed by atoms with van der Waals surface area (Å²) in [6.07, 6.45) is 2.19. The van der Waals surface area contributed by atoms with Gasteiger partial charge < -0.3 is 10.6 Å². The fourth-order valence-corrected chi connectivity index (χ4v) is 5.38. The Morgan fingerprint density at radius 1 is 1.26 bits per heavy atom. The summed E-state index contributed by atoms with van der Waals surface area (Å²) >= 11 is 1.65. The van der Waals surface area contributed by atoms with Crippen LogP contribution in [0.25, 0.3) is 0 Å². The number of aryl methyl sites for hydroxylation is 1. The predicted octanol–water partition coefficient (Wildman–Crippen LogP) is 2.53. The SMILES string of the molecule is Cc1ccc(CN2CC[C@H]3[C@H]2C(=O)NC[C@H](CCC(=O)NCc2cccs2)N3C)cc1. The van der Waals surface area contributed by atoms with Crippen molar-refractivity contribution < 1.29 is 9.59 Å². The van der Waals surface area contributed by atoms with Crippen LogP contribution in [0, 0.1) is 6.92 Å². The van der Waals surface area contributed by atoms with Crippen LogP contribution < -0.4 is 10.6 Å². The fraction of sp³-hybridized carbons (Fsp3) is 0.500. The zero-order valence-electron chi connectivity index (χ0n) is 18.3. The Bertz CT molecular complexity index is 883. The molecule has 0 bridgehead atoms. The number of rotatable bonds is 7. The summed E-state index contributed by atoms with van der Waals surface area (Å²) in [6, 6.07) is 12.8. The van der Waals surface area contributed by atoms with E-state index in [9.17, 15) is 9.59 Å². The van der Waals surface area contributed by atoms with Gasteiger partial charge in [0, 0.05) is 43.0 Å². The lowest BCUT2D eigenvalue weighted by molar-refractivity contribution is -0.126. The van der Waals surface area contributed by atoms with Gasteiger partial charge in [-0.1, -0.05) is 35.9 Å². The third-order valence-corrected chi connectivity index (χ3v) is 7.48. The number of nitrogens with one attached hydrogen (secondary N) is 2. The van der Waals surface area contributed by atoms with Crippen LogP contribution in [0.2, 0.25) is 0 Å². The van der Waals surface area contributed by atoms with Gasteiger partial charge in [0.2, 0.25) is 11.8 Å². The van der Waals surface area contributed by atoms with Crippen molar-refractivity contribution in [2.24, 2.45) is 0 Å². The Morgan fingerprint density at radius 2 is 2.06 bits per heavy atom. The number of benzene rings is 1. The van der Waals surface area contributed by atoms with Gasteiger partial charge in [-0.05, 0) is 43.8 Å². The Kier molecular flexibility index (Phi) is 7.05. The van der Waals surface area contributed by atoms with Crippen LogP contribution in [0.5, 0.6) is 0 Å². The summed E-state index contributed by atoms with van der Waals surface area (Å²) in [5.74, 6) is 0.187. The van der Waals surface area contributed by atoms with Crippen molar-refractivity contribution in [3.05, 3.63) is 57.8 Å². The molecule has 3 heterocycles. The molecule has 3 atom stereocenters. The molecule has 0 aliphatic carbocycles. The number of hydrogen-bond donors (Lipinski definition) is 2. The molecular formula is C24H32N4O2S. The normalized spacial score (nSPS) is 24.5. The second-order valence-corrected chi connectivity index (χ2v) is 9.75. The van der Waals surface area contributed by atoms with Crippen molar-refractivity contribution in [3.8, 4) is 0 Å². The van der Waals surface area contributed by atoms with E-state index in [0.29, 0.717) is 19.5 Å². The quantitative estimate of drug-likeness (QED) is 0.695. The van der Waals surface area contributed by atoms with E-state index in [4.69, 9.17) is 0 Å². The molecule has 2 saturated heterocycles. The summed E-state index contributed by atoms with van der Waals surface area (Å²) in [6.45, 7) is 4.98. The van der Waals surface area contributed by atoms with E-state index >= 15 is 0 Å². The van der Waals surface area contributed by atoms with Gasteiger partial charge in [0.25, 0.3) is 0 Å². The molecule has 6 nitrogen and oxygen atoms in total. The molecule has 7 heteroatoms. The van der Waals surface area contributed by atoms with Crippen molar-refractivity contribution in [2.75, 3.05) is 20.1 Å². The highest BCUT2D eigenvalue weighted by Gasteiger charge is 2.44. The number of thiophene rings is 1. The van der Waals surface area contributed by atoms with Gasteiger partial charge >= 0.3 is 0 Å². The molecule has 4 rings (SSSR count). The van der Waals surface area contributed by atoms with Crippen molar-refractivity contribution in [3.63, 3.8) is 0 Å². The molecule has 166 valence electrons. The topological polar surface area (TPSA) is 64.7 Å². The van der Waals surface area contributed by atoms with Crippen molar-refractivity contribution in [1.82, 2.24) is 20.4 Å². The predicted molar refractivity (Wildman–Crippen MR) is 124 cm³/mol. The largest absolute Gasteiger partial charge is 0.353 e. The standard InChI is InChI=1S/C24H32N4O2S/c1-17-5-7-18(8-6-17)16-28-12-11-21-23(28)24(30)26-14-19(27(21)2)9-10-22(29)25-15-20-4-3-13-31-20/h3-8,13,19,21,23H,9-12,14-16H2,1-2H3,(H,25,29)(H,26,30)/t19-,21-,23-/m0/s1. The summed E-state index contributed by atoms with van der Waals surface area (Å²) in [4.78, 5) is 31.1. The second-order valence-electron chi connectivity index (χ2n) is 8.72. The summed E-state index contributed by atoms with van der Waals surface area (Å²) < 4.78 is 0. The zero-order chi connectivity index (χ0) is 21.8. The molecule has 2 fully saturated rings. The first-order chi connectivity index (χ1) is 15.0. The first-order valence-electron chi connectivity index (χ1n) is 11.1. The molecule has 2 aromatic rings. The van der Waals surface area contributed by atoms with Gasteiger partial charge in [-0.25, -0.2) is 0 Å². The summed E-state index contributed by atoms with van der Waals surface area (Å²) in [5.41, 5.74) is 2.49. The molecule has 0 unspecified atom stereocenters. The van der Waals surface area contributed by atoms with Crippen LogP contribution in [-0.2, 0) is 22.7 Å². The highest BCUT2D eigenvalue weighted by Crippen LogP contribution is 2.28. The molecule has 0 spiro atoms.